The molecule has 0 aliphatic carbocycles. The van der Waals surface area contributed by atoms with E-state index in [2.05, 4.69) is 20.5 Å². The molecule has 0 radical (unpaired) electrons. The summed E-state index contributed by atoms with van der Waals surface area (Å²) >= 11 is 9.12. The van der Waals surface area contributed by atoms with Gasteiger partial charge in [0.1, 0.15) is 5.82 Å². The second-order valence-corrected chi connectivity index (χ2v) is 6.52. The lowest BCUT2D eigenvalue weighted by atomic mass is 10.3. The highest BCUT2D eigenvalue weighted by Crippen LogP contribution is 2.28. The van der Waals surface area contributed by atoms with Crippen molar-refractivity contribution in [1.29, 1.82) is 0 Å². The molecule has 2 N–H and O–H groups in total. The Hall–Kier alpha value is -1.18. The van der Waals surface area contributed by atoms with Crippen LogP contribution in [0, 0.1) is 6.92 Å². The molecule has 0 spiro atoms. The van der Waals surface area contributed by atoms with Crippen molar-refractivity contribution < 1.29 is 4.79 Å². The fourth-order valence-electron chi connectivity index (χ4n) is 1.59. The van der Waals surface area contributed by atoms with E-state index < -0.39 is 0 Å². The number of nitrogens with zero attached hydrogens (tertiary/aromatic N) is 2. The lowest BCUT2D eigenvalue weighted by Crippen LogP contribution is -2.12. The summed E-state index contributed by atoms with van der Waals surface area (Å²) < 4.78 is 0. The van der Waals surface area contributed by atoms with Gasteiger partial charge in [0.2, 0.25) is 11.1 Å². The molecular weight excluding hydrogens is 328 g/mol. The molecule has 1 heterocycles. The van der Waals surface area contributed by atoms with Gasteiger partial charge in [-0.3, -0.25) is 9.89 Å². The van der Waals surface area contributed by atoms with Crippen molar-refractivity contribution >= 4 is 46.7 Å². The number of rotatable bonds is 6. The van der Waals surface area contributed by atoms with Crippen molar-refractivity contribution in [1.82, 2.24) is 15.2 Å². The lowest BCUT2D eigenvalue weighted by molar-refractivity contribution is -0.115. The summed E-state index contributed by atoms with van der Waals surface area (Å²) in [4.78, 5) is 17.0. The van der Waals surface area contributed by atoms with Gasteiger partial charge >= 0.3 is 0 Å². The van der Waals surface area contributed by atoms with Crippen LogP contribution in [0.15, 0.2) is 28.3 Å². The first-order valence-corrected chi connectivity index (χ1v) is 8.82. The van der Waals surface area contributed by atoms with Crippen molar-refractivity contribution in [3.05, 3.63) is 29.0 Å². The lowest BCUT2D eigenvalue weighted by Gasteiger charge is -2.07. The van der Waals surface area contributed by atoms with Crippen LogP contribution in [0.25, 0.3) is 0 Å². The maximum Gasteiger partial charge on any atom is 0.225 e. The zero-order valence-corrected chi connectivity index (χ0v) is 14.0. The number of aromatic amines is 1. The first kappa shape index (κ1) is 16.2. The Morgan fingerprint density at radius 1 is 1.48 bits per heavy atom. The molecule has 0 saturated carbocycles. The molecule has 1 amide bonds. The Balaban J connectivity index is 1.80. The molecule has 2 rings (SSSR count). The topological polar surface area (TPSA) is 70.7 Å². The largest absolute Gasteiger partial charge is 0.326 e. The SMILES string of the molecule is CSc1ccc(NC(=O)CCSc2n[nH]c(C)n2)cc1Cl. The van der Waals surface area contributed by atoms with Crippen molar-refractivity contribution in [2.24, 2.45) is 0 Å². The number of H-pyrrole nitrogens is 1. The summed E-state index contributed by atoms with van der Waals surface area (Å²) in [5, 5.41) is 10.9. The van der Waals surface area contributed by atoms with E-state index >= 15 is 0 Å². The van der Waals surface area contributed by atoms with Gasteiger partial charge in [-0.15, -0.1) is 16.9 Å². The molecule has 0 fully saturated rings. The van der Waals surface area contributed by atoms with Gasteiger partial charge < -0.3 is 5.32 Å². The molecule has 0 aliphatic rings. The van der Waals surface area contributed by atoms with E-state index in [1.165, 1.54) is 11.8 Å². The highest BCUT2D eigenvalue weighted by Gasteiger charge is 2.07. The normalized spacial score (nSPS) is 10.6. The number of anilines is 1. The Bertz CT molecular complexity index is 632. The van der Waals surface area contributed by atoms with Crippen LogP contribution in [0.3, 0.4) is 0 Å². The quantitative estimate of drug-likeness (QED) is 0.785. The third-order valence-electron chi connectivity index (χ3n) is 2.57. The van der Waals surface area contributed by atoms with Crippen LogP contribution in [0.4, 0.5) is 5.69 Å². The van der Waals surface area contributed by atoms with Crippen LogP contribution in [0.2, 0.25) is 5.02 Å². The molecular formula is C13H15ClN4OS2. The molecule has 1 aromatic carbocycles. The number of hydrogen-bond acceptors (Lipinski definition) is 5. The predicted molar refractivity (Wildman–Crippen MR) is 88.3 cm³/mol. The fraction of sp³-hybridized carbons (Fsp3) is 0.308. The summed E-state index contributed by atoms with van der Waals surface area (Å²) in [6.07, 6.45) is 2.35. The number of carbonyl (C=O) groups excluding carboxylic acids is 1. The van der Waals surface area contributed by atoms with Crippen LogP contribution in [0.1, 0.15) is 12.2 Å². The van der Waals surface area contributed by atoms with Gasteiger partial charge in [-0.25, -0.2) is 4.98 Å². The average Bonchev–Trinajstić information content (AvgIpc) is 2.84. The first-order valence-electron chi connectivity index (χ1n) is 6.23. The van der Waals surface area contributed by atoms with Gasteiger partial charge in [0, 0.05) is 22.8 Å². The minimum absolute atomic E-state index is 0.0530. The number of amides is 1. The summed E-state index contributed by atoms with van der Waals surface area (Å²) in [5.74, 6) is 1.34. The Labute approximate surface area is 136 Å². The minimum Gasteiger partial charge on any atom is -0.326 e. The van der Waals surface area contributed by atoms with Crippen molar-refractivity contribution in [3.8, 4) is 0 Å². The predicted octanol–water partition coefficient (Wildman–Crippen LogP) is 3.61. The van der Waals surface area contributed by atoms with Crippen LogP contribution < -0.4 is 5.32 Å². The molecule has 2 aromatic rings. The van der Waals surface area contributed by atoms with Gasteiger partial charge in [0.15, 0.2) is 0 Å². The van der Waals surface area contributed by atoms with Crippen LogP contribution in [-0.4, -0.2) is 33.1 Å². The van der Waals surface area contributed by atoms with Crippen LogP contribution in [0.5, 0.6) is 0 Å². The van der Waals surface area contributed by atoms with E-state index in [0.717, 1.165) is 10.7 Å². The molecule has 5 nitrogen and oxygen atoms in total. The standard InChI is InChI=1S/C13H15ClN4OS2/c1-8-15-13(18-17-8)21-6-5-12(19)16-9-3-4-11(20-2)10(14)7-9/h3-4,7H,5-6H2,1-2H3,(H,16,19)(H,15,17,18). The van der Waals surface area contributed by atoms with E-state index in [4.69, 9.17) is 11.6 Å². The smallest absolute Gasteiger partial charge is 0.225 e. The number of aryl methyl sites for hydroxylation is 1. The van der Waals surface area contributed by atoms with Gasteiger partial charge in [0.05, 0.1) is 5.02 Å². The third kappa shape index (κ3) is 4.94. The van der Waals surface area contributed by atoms with E-state index in [0.29, 0.717) is 28.0 Å². The zero-order chi connectivity index (χ0) is 15.2. The van der Waals surface area contributed by atoms with Crippen molar-refractivity contribution in [2.45, 2.75) is 23.4 Å². The van der Waals surface area contributed by atoms with E-state index in [1.54, 1.807) is 17.8 Å². The second-order valence-electron chi connectivity index (χ2n) is 4.20. The molecule has 0 unspecified atom stereocenters. The van der Waals surface area contributed by atoms with E-state index in [1.807, 2.05) is 25.3 Å². The van der Waals surface area contributed by atoms with E-state index in [-0.39, 0.29) is 5.91 Å². The monoisotopic (exact) mass is 342 g/mol. The van der Waals surface area contributed by atoms with E-state index in [9.17, 15) is 4.79 Å². The summed E-state index contributed by atoms with van der Waals surface area (Å²) in [5.41, 5.74) is 0.710. The van der Waals surface area contributed by atoms with Crippen molar-refractivity contribution in [2.75, 3.05) is 17.3 Å². The molecule has 8 heteroatoms. The minimum atomic E-state index is -0.0530. The van der Waals surface area contributed by atoms with Crippen LogP contribution in [-0.2, 0) is 4.79 Å². The maximum atomic E-state index is 11.9. The zero-order valence-electron chi connectivity index (χ0n) is 11.6. The molecule has 21 heavy (non-hydrogen) atoms. The van der Waals surface area contributed by atoms with Crippen molar-refractivity contribution in [3.63, 3.8) is 0 Å². The Morgan fingerprint density at radius 2 is 2.29 bits per heavy atom. The number of nitrogens with one attached hydrogen (secondary N) is 2. The average molecular weight is 343 g/mol. The summed E-state index contributed by atoms with van der Waals surface area (Å²) in [7, 11) is 0. The Morgan fingerprint density at radius 3 is 2.90 bits per heavy atom. The number of carbonyl (C=O) groups is 1. The maximum absolute atomic E-state index is 11.9. The number of aromatic nitrogens is 3. The highest BCUT2D eigenvalue weighted by molar-refractivity contribution is 7.99. The number of hydrogen-bond donors (Lipinski definition) is 2. The molecule has 0 aliphatic heterocycles. The fourth-order valence-corrected chi connectivity index (χ4v) is 3.24. The molecule has 0 saturated heterocycles. The first-order chi connectivity index (χ1) is 10.1. The summed E-state index contributed by atoms with van der Waals surface area (Å²) in [6, 6.07) is 5.51. The van der Waals surface area contributed by atoms with Gasteiger partial charge in [-0.1, -0.05) is 23.4 Å². The second kappa shape index (κ2) is 7.72. The highest BCUT2D eigenvalue weighted by atomic mass is 35.5. The number of halogens is 1. The third-order valence-corrected chi connectivity index (χ3v) is 4.64. The van der Waals surface area contributed by atoms with Crippen LogP contribution >= 0.6 is 35.1 Å². The van der Waals surface area contributed by atoms with Gasteiger partial charge in [-0.05, 0) is 31.4 Å². The molecule has 0 bridgehead atoms. The number of thioether (sulfide) groups is 2. The molecule has 112 valence electrons. The van der Waals surface area contributed by atoms with Gasteiger partial charge in [0.25, 0.3) is 0 Å². The van der Waals surface area contributed by atoms with Gasteiger partial charge in [-0.2, -0.15) is 0 Å². The summed E-state index contributed by atoms with van der Waals surface area (Å²) in [6.45, 7) is 1.84. The molecule has 0 atom stereocenters. The number of benzene rings is 1. The Kier molecular flexibility index (Phi) is 5.96. The molecule has 1 aromatic heterocycles.